The molecule has 0 aliphatic carbocycles. The number of pyridine rings is 1. The maximum Gasteiger partial charge on any atom is 0.241 e. The van der Waals surface area contributed by atoms with Crippen molar-refractivity contribution < 1.29 is 4.79 Å². The Balaban J connectivity index is 1.79. The van der Waals surface area contributed by atoms with Crippen molar-refractivity contribution in [3.05, 3.63) is 47.0 Å². The number of carbonyl (C=O) groups is 1. The van der Waals surface area contributed by atoms with Crippen LogP contribution in [0.1, 0.15) is 29.6 Å². The van der Waals surface area contributed by atoms with Gasteiger partial charge in [0.25, 0.3) is 0 Å². The summed E-state index contributed by atoms with van der Waals surface area (Å²) in [6, 6.07) is 5.96. The number of amides is 1. The van der Waals surface area contributed by atoms with Gasteiger partial charge in [0, 0.05) is 57.7 Å². The number of likely N-dealkylation sites (N-methyl/N-ethyl adjacent to an activating group) is 1. The molecule has 8 heteroatoms. The second-order valence-electron chi connectivity index (χ2n) is 7.33. The number of rotatable bonds is 8. The zero-order valence-electron chi connectivity index (χ0n) is 18.4. The van der Waals surface area contributed by atoms with Crippen LogP contribution < -0.4 is 10.6 Å². The average Bonchev–Trinajstić information content (AvgIpc) is 2.95. The normalized spacial score (nSPS) is 12.6. The van der Waals surface area contributed by atoms with Crippen LogP contribution in [-0.2, 0) is 24.7 Å². The summed E-state index contributed by atoms with van der Waals surface area (Å²) < 4.78 is 1.91. The predicted octanol–water partition coefficient (Wildman–Crippen LogP) is 1.23. The van der Waals surface area contributed by atoms with Gasteiger partial charge < -0.3 is 15.5 Å². The van der Waals surface area contributed by atoms with E-state index >= 15 is 0 Å². The van der Waals surface area contributed by atoms with Crippen LogP contribution >= 0.6 is 0 Å². The van der Waals surface area contributed by atoms with E-state index in [1.165, 1.54) is 11.3 Å². The smallest absolute Gasteiger partial charge is 0.241 e. The summed E-state index contributed by atoms with van der Waals surface area (Å²) in [7, 11) is 5.47. The van der Waals surface area contributed by atoms with Gasteiger partial charge in [-0.2, -0.15) is 5.10 Å². The van der Waals surface area contributed by atoms with Gasteiger partial charge >= 0.3 is 0 Å². The second kappa shape index (κ2) is 10.6. The summed E-state index contributed by atoms with van der Waals surface area (Å²) >= 11 is 0. The van der Waals surface area contributed by atoms with Crippen molar-refractivity contribution in [2.45, 2.75) is 39.7 Å². The maximum absolute atomic E-state index is 12.4. The molecule has 0 aliphatic heterocycles. The van der Waals surface area contributed by atoms with Gasteiger partial charge in [0.15, 0.2) is 5.96 Å². The third-order valence-electron chi connectivity index (χ3n) is 5.04. The molecule has 158 valence electrons. The monoisotopic (exact) mass is 399 g/mol. The fraction of sp³-hybridized carbons (Fsp3) is 0.524. The number of guanidine groups is 1. The van der Waals surface area contributed by atoms with Crippen molar-refractivity contribution in [2.75, 3.05) is 27.2 Å². The Hall–Kier alpha value is -2.90. The van der Waals surface area contributed by atoms with E-state index in [0.717, 1.165) is 24.2 Å². The van der Waals surface area contributed by atoms with Crippen LogP contribution in [0.3, 0.4) is 0 Å². The van der Waals surface area contributed by atoms with Gasteiger partial charge in [0.05, 0.1) is 12.2 Å². The van der Waals surface area contributed by atoms with Gasteiger partial charge in [0.2, 0.25) is 5.91 Å². The van der Waals surface area contributed by atoms with Gasteiger partial charge in [-0.05, 0) is 44.9 Å². The van der Waals surface area contributed by atoms with Crippen LogP contribution in [0.4, 0.5) is 0 Å². The highest BCUT2D eigenvalue weighted by Gasteiger charge is 2.15. The molecule has 0 saturated heterocycles. The number of carbonyl (C=O) groups excluding carboxylic acids is 1. The number of hydrogen-bond acceptors (Lipinski definition) is 4. The average molecular weight is 400 g/mol. The van der Waals surface area contributed by atoms with Crippen molar-refractivity contribution >= 4 is 11.9 Å². The first kappa shape index (κ1) is 22.4. The molecule has 0 fully saturated rings. The second-order valence-corrected chi connectivity index (χ2v) is 7.33. The molecule has 2 rings (SSSR count). The molecule has 0 spiro atoms. The lowest BCUT2D eigenvalue weighted by Crippen LogP contribution is -2.47. The Morgan fingerprint density at radius 1 is 1.34 bits per heavy atom. The molecule has 2 aromatic heterocycles. The molecule has 0 aromatic carbocycles. The lowest BCUT2D eigenvalue weighted by atomic mass is 10.1. The molecular weight excluding hydrogens is 366 g/mol. The first-order valence-corrected chi connectivity index (χ1v) is 9.92. The zero-order chi connectivity index (χ0) is 21.4. The first-order valence-electron chi connectivity index (χ1n) is 9.92. The molecule has 2 aromatic rings. The number of nitrogens with zero attached hydrogens (tertiary/aromatic N) is 5. The Kier molecular flexibility index (Phi) is 8.18. The fourth-order valence-electron chi connectivity index (χ4n) is 3.15. The van der Waals surface area contributed by atoms with Crippen molar-refractivity contribution in [2.24, 2.45) is 12.0 Å². The predicted molar refractivity (Wildman–Crippen MR) is 116 cm³/mol. The molecule has 1 unspecified atom stereocenters. The van der Waals surface area contributed by atoms with Crippen LogP contribution in [0.25, 0.3) is 0 Å². The standard InChI is InChI=1S/C21H33N7O/c1-15(13-19-16(2)26-28(6)17(19)3)25-21(22-4)24-14-20(29)27(5)12-10-18-9-7-8-11-23-18/h7-9,11,15H,10,12-14H2,1-6H3,(H2,22,24,25). The van der Waals surface area contributed by atoms with Gasteiger partial charge in [-0.1, -0.05) is 6.07 Å². The molecule has 1 amide bonds. The number of hydrogen-bond donors (Lipinski definition) is 2. The highest BCUT2D eigenvalue weighted by molar-refractivity contribution is 5.86. The molecule has 1 atom stereocenters. The number of aliphatic imine (C=N–C) groups is 1. The minimum absolute atomic E-state index is 0.00971. The van der Waals surface area contributed by atoms with Crippen LogP contribution in [-0.4, -0.2) is 64.8 Å². The molecule has 8 nitrogen and oxygen atoms in total. The van der Waals surface area contributed by atoms with E-state index in [1.807, 2.05) is 36.9 Å². The maximum atomic E-state index is 12.4. The quantitative estimate of drug-likeness (QED) is 0.515. The van der Waals surface area contributed by atoms with E-state index in [0.29, 0.717) is 12.5 Å². The SMILES string of the molecule is CN=C(NCC(=O)N(C)CCc1ccccn1)NC(C)Cc1c(C)nn(C)c1C. The summed E-state index contributed by atoms with van der Waals surface area (Å²) in [6.07, 6.45) is 3.34. The third kappa shape index (κ3) is 6.58. The van der Waals surface area contributed by atoms with E-state index in [2.05, 4.69) is 39.6 Å². The van der Waals surface area contributed by atoms with Crippen LogP contribution in [0.15, 0.2) is 29.4 Å². The summed E-state index contributed by atoms with van der Waals surface area (Å²) in [5, 5.41) is 10.9. The van der Waals surface area contributed by atoms with E-state index in [-0.39, 0.29) is 18.5 Å². The molecule has 29 heavy (non-hydrogen) atoms. The van der Waals surface area contributed by atoms with Gasteiger partial charge in [-0.25, -0.2) is 0 Å². The zero-order valence-corrected chi connectivity index (χ0v) is 18.4. The van der Waals surface area contributed by atoms with E-state index < -0.39 is 0 Å². The topological polar surface area (TPSA) is 87.4 Å². The van der Waals surface area contributed by atoms with Gasteiger partial charge in [-0.15, -0.1) is 0 Å². The lowest BCUT2D eigenvalue weighted by Gasteiger charge is -2.20. The van der Waals surface area contributed by atoms with Crippen molar-refractivity contribution in [3.8, 4) is 0 Å². The number of aryl methyl sites for hydroxylation is 2. The minimum atomic E-state index is 0.00971. The number of aromatic nitrogens is 3. The van der Waals surface area contributed by atoms with Gasteiger partial charge in [0.1, 0.15) is 0 Å². The Morgan fingerprint density at radius 2 is 2.10 bits per heavy atom. The molecule has 0 aliphatic rings. The molecule has 0 radical (unpaired) electrons. The highest BCUT2D eigenvalue weighted by Crippen LogP contribution is 2.14. The summed E-state index contributed by atoms with van der Waals surface area (Å²) in [5.41, 5.74) is 4.44. The van der Waals surface area contributed by atoms with Crippen molar-refractivity contribution in [1.29, 1.82) is 0 Å². The van der Waals surface area contributed by atoms with Crippen molar-refractivity contribution in [3.63, 3.8) is 0 Å². The van der Waals surface area contributed by atoms with Crippen molar-refractivity contribution in [1.82, 2.24) is 30.3 Å². The Morgan fingerprint density at radius 3 is 2.69 bits per heavy atom. The summed E-state index contributed by atoms with van der Waals surface area (Å²) in [5.74, 6) is 0.624. The van der Waals surface area contributed by atoms with Gasteiger partial charge in [-0.3, -0.25) is 19.5 Å². The number of nitrogens with one attached hydrogen (secondary N) is 2. The third-order valence-corrected chi connectivity index (χ3v) is 5.04. The van der Waals surface area contributed by atoms with Crippen LogP contribution in [0, 0.1) is 13.8 Å². The van der Waals surface area contributed by atoms with Crippen LogP contribution in [0.5, 0.6) is 0 Å². The first-order chi connectivity index (χ1) is 13.8. The lowest BCUT2D eigenvalue weighted by molar-refractivity contribution is -0.128. The molecular formula is C21H33N7O. The summed E-state index contributed by atoms with van der Waals surface area (Å²) in [6.45, 7) is 7.02. The van der Waals surface area contributed by atoms with Crippen LogP contribution in [0.2, 0.25) is 0 Å². The molecule has 0 saturated carbocycles. The minimum Gasteiger partial charge on any atom is -0.354 e. The highest BCUT2D eigenvalue weighted by atomic mass is 16.2. The summed E-state index contributed by atoms with van der Waals surface area (Å²) in [4.78, 5) is 22.6. The largest absolute Gasteiger partial charge is 0.354 e. The van der Waals surface area contributed by atoms with E-state index in [1.54, 1.807) is 25.2 Å². The fourth-order valence-corrected chi connectivity index (χ4v) is 3.15. The molecule has 2 N–H and O–H groups in total. The van der Waals surface area contributed by atoms with E-state index in [9.17, 15) is 4.79 Å². The Labute approximate surface area is 173 Å². The Bertz CT molecular complexity index is 829. The van der Waals surface area contributed by atoms with E-state index in [4.69, 9.17) is 0 Å². The molecule has 2 heterocycles. The molecule has 0 bridgehead atoms.